The second kappa shape index (κ2) is 11.2. The second-order valence-corrected chi connectivity index (χ2v) is 8.80. The summed E-state index contributed by atoms with van der Waals surface area (Å²) in [6.07, 6.45) is -0.257. The van der Waals surface area contributed by atoms with Crippen LogP contribution in [0.15, 0.2) is 48.5 Å². The molecule has 0 bridgehead atoms. The Morgan fingerprint density at radius 1 is 1.09 bits per heavy atom. The lowest BCUT2D eigenvalue weighted by molar-refractivity contribution is -0.133. The average molecular weight is 468 g/mol. The third-order valence-electron chi connectivity index (χ3n) is 6.14. The van der Waals surface area contributed by atoms with Crippen molar-refractivity contribution in [1.82, 2.24) is 9.80 Å². The molecule has 8 nitrogen and oxygen atoms in total. The van der Waals surface area contributed by atoms with Gasteiger partial charge in [0.15, 0.2) is 0 Å². The predicted molar refractivity (Wildman–Crippen MR) is 130 cm³/mol. The van der Waals surface area contributed by atoms with Crippen LogP contribution in [-0.4, -0.2) is 73.5 Å². The van der Waals surface area contributed by atoms with E-state index < -0.39 is 0 Å². The lowest BCUT2D eigenvalue weighted by Crippen LogP contribution is -2.48. The van der Waals surface area contributed by atoms with E-state index in [0.717, 1.165) is 0 Å². The van der Waals surface area contributed by atoms with Crippen molar-refractivity contribution in [3.05, 3.63) is 59.7 Å². The van der Waals surface area contributed by atoms with Crippen LogP contribution in [0.4, 0.5) is 5.69 Å². The van der Waals surface area contributed by atoms with Crippen molar-refractivity contribution in [1.29, 1.82) is 0 Å². The minimum absolute atomic E-state index is 0.00184. The summed E-state index contributed by atoms with van der Waals surface area (Å²) in [5.41, 5.74) is 1.34. The third-order valence-corrected chi connectivity index (χ3v) is 6.14. The van der Waals surface area contributed by atoms with Gasteiger partial charge in [-0.2, -0.15) is 0 Å². The van der Waals surface area contributed by atoms with Gasteiger partial charge < -0.3 is 24.6 Å². The van der Waals surface area contributed by atoms with Crippen LogP contribution in [0.3, 0.4) is 0 Å². The molecule has 1 aliphatic heterocycles. The number of hydrogen-bond acceptors (Lipinski definition) is 5. The standard InChI is InChI=1S/C26H33N3O5/c1-17-14-29(19(3)30)18(2)16-34-23-12-11-21(27-25(31)20-9-7-6-8-10-20)13-22(23)26(32)28(4)15-24(17)33-5/h6-13,17-18,24H,14-16H2,1-5H3,(H,27,31)/t17-,18-,24-/m1/s1. The summed E-state index contributed by atoms with van der Waals surface area (Å²) >= 11 is 0. The fourth-order valence-corrected chi connectivity index (χ4v) is 4.09. The summed E-state index contributed by atoms with van der Waals surface area (Å²) in [5.74, 6) is -0.154. The summed E-state index contributed by atoms with van der Waals surface area (Å²) < 4.78 is 11.7. The Labute approximate surface area is 200 Å². The molecule has 3 atom stereocenters. The van der Waals surface area contributed by atoms with Gasteiger partial charge in [0.1, 0.15) is 12.4 Å². The van der Waals surface area contributed by atoms with E-state index in [0.29, 0.717) is 35.7 Å². The molecule has 34 heavy (non-hydrogen) atoms. The molecule has 1 N–H and O–H groups in total. The molecule has 1 heterocycles. The van der Waals surface area contributed by atoms with Crippen LogP contribution in [0.1, 0.15) is 41.5 Å². The summed E-state index contributed by atoms with van der Waals surface area (Å²) in [5, 5.41) is 2.85. The number of methoxy groups -OCH3 is 1. The number of amides is 3. The Kier molecular flexibility index (Phi) is 8.28. The number of hydrogen-bond donors (Lipinski definition) is 1. The zero-order chi connectivity index (χ0) is 24.8. The van der Waals surface area contributed by atoms with E-state index >= 15 is 0 Å². The number of carbonyl (C=O) groups is 3. The number of likely N-dealkylation sites (N-methyl/N-ethyl adjacent to an activating group) is 1. The maximum atomic E-state index is 13.4. The molecule has 182 valence electrons. The van der Waals surface area contributed by atoms with Gasteiger partial charge in [0, 0.05) is 51.3 Å². The monoisotopic (exact) mass is 467 g/mol. The van der Waals surface area contributed by atoms with Crippen LogP contribution in [0.5, 0.6) is 5.75 Å². The number of benzene rings is 2. The first-order valence-electron chi connectivity index (χ1n) is 11.4. The van der Waals surface area contributed by atoms with Crippen molar-refractivity contribution in [3.8, 4) is 5.75 Å². The molecule has 3 amide bonds. The topological polar surface area (TPSA) is 88.2 Å². The Morgan fingerprint density at radius 2 is 1.79 bits per heavy atom. The molecular formula is C26H33N3O5. The van der Waals surface area contributed by atoms with Crippen molar-refractivity contribution in [2.75, 3.05) is 39.2 Å². The first kappa shape index (κ1) is 25.2. The van der Waals surface area contributed by atoms with Gasteiger partial charge in [-0.05, 0) is 37.3 Å². The van der Waals surface area contributed by atoms with E-state index in [1.165, 1.54) is 0 Å². The van der Waals surface area contributed by atoms with Crippen molar-refractivity contribution in [2.45, 2.75) is 32.9 Å². The van der Waals surface area contributed by atoms with Gasteiger partial charge in [0.05, 0.1) is 17.7 Å². The zero-order valence-electron chi connectivity index (χ0n) is 20.4. The van der Waals surface area contributed by atoms with Crippen LogP contribution in [0.25, 0.3) is 0 Å². The van der Waals surface area contributed by atoms with Crippen molar-refractivity contribution < 1.29 is 23.9 Å². The number of anilines is 1. The molecule has 2 aromatic rings. The summed E-state index contributed by atoms with van der Waals surface area (Å²) in [6.45, 7) is 6.54. The van der Waals surface area contributed by atoms with E-state index in [1.807, 2.05) is 19.9 Å². The maximum Gasteiger partial charge on any atom is 0.257 e. The summed E-state index contributed by atoms with van der Waals surface area (Å²) in [4.78, 5) is 41.7. The van der Waals surface area contributed by atoms with E-state index in [9.17, 15) is 14.4 Å². The van der Waals surface area contributed by atoms with Gasteiger partial charge in [-0.25, -0.2) is 0 Å². The highest BCUT2D eigenvalue weighted by atomic mass is 16.5. The number of nitrogens with zero attached hydrogens (tertiary/aromatic N) is 2. The highest BCUT2D eigenvalue weighted by Gasteiger charge is 2.29. The normalized spacial score (nSPS) is 21.6. The third kappa shape index (κ3) is 5.94. The molecule has 1 aliphatic rings. The van der Waals surface area contributed by atoms with Crippen LogP contribution in [-0.2, 0) is 9.53 Å². The molecule has 0 saturated carbocycles. The molecule has 0 spiro atoms. The first-order chi connectivity index (χ1) is 16.2. The summed E-state index contributed by atoms with van der Waals surface area (Å²) in [6, 6.07) is 13.7. The van der Waals surface area contributed by atoms with Gasteiger partial charge in [-0.15, -0.1) is 0 Å². The molecule has 0 radical (unpaired) electrons. The molecule has 8 heteroatoms. The van der Waals surface area contributed by atoms with Gasteiger partial charge >= 0.3 is 0 Å². The Hall–Kier alpha value is -3.39. The van der Waals surface area contributed by atoms with Crippen LogP contribution in [0, 0.1) is 5.92 Å². The number of nitrogens with one attached hydrogen (secondary N) is 1. The number of ether oxygens (including phenoxy) is 2. The minimum Gasteiger partial charge on any atom is -0.491 e. The maximum absolute atomic E-state index is 13.4. The molecule has 0 aliphatic carbocycles. The smallest absolute Gasteiger partial charge is 0.257 e. The van der Waals surface area contributed by atoms with Crippen molar-refractivity contribution in [3.63, 3.8) is 0 Å². The fourth-order valence-electron chi connectivity index (χ4n) is 4.09. The summed E-state index contributed by atoms with van der Waals surface area (Å²) in [7, 11) is 3.32. The van der Waals surface area contributed by atoms with Crippen LogP contribution < -0.4 is 10.1 Å². The van der Waals surface area contributed by atoms with E-state index in [1.54, 1.807) is 73.3 Å². The van der Waals surface area contributed by atoms with Crippen LogP contribution in [0.2, 0.25) is 0 Å². The molecular weight excluding hydrogens is 434 g/mol. The molecule has 0 fully saturated rings. The van der Waals surface area contributed by atoms with Gasteiger partial charge in [-0.3, -0.25) is 14.4 Å². The van der Waals surface area contributed by atoms with Gasteiger partial charge in [0.25, 0.3) is 11.8 Å². The van der Waals surface area contributed by atoms with Crippen molar-refractivity contribution in [2.24, 2.45) is 5.92 Å². The highest BCUT2D eigenvalue weighted by Crippen LogP contribution is 2.26. The fraction of sp³-hybridized carbons (Fsp3) is 0.423. The van der Waals surface area contributed by atoms with E-state index in [2.05, 4.69) is 5.32 Å². The lowest BCUT2D eigenvalue weighted by Gasteiger charge is -2.35. The number of carbonyl (C=O) groups excluding carboxylic acids is 3. The Bertz CT molecular complexity index is 1030. The molecule has 3 rings (SSSR count). The van der Waals surface area contributed by atoms with Gasteiger partial charge in [0.2, 0.25) is 5.91 Å². The SMILES string of the molecule is CO[C@@H]1CN(C)C(=O)c2cc(NC(=O)c3ccccc3)ccc2OC[C@@H](C)N(C(C)=O)C[C@H]1C. The molecule has 0 aromatic heterocycles. The largest absolute Gasteiger partial charge is 0.491 e. The lowest BCUT2D eigenvalue weighted by atomic mass is 10.0. The molecule has 0 unspecified atom stereocenters. The number of fused-ring (bicyclic) bond motifs is 1. The molecule has 2 aromatic carbocycles. The Morgan fingerprint density at radius 3 is 2.44 bits per heavy atom. The Balaban J connectivity index is 1.94. The predicted octanol–water partition coefficient (Wildman–Crippen LogP) is 3.29. The van der Waals surface area contributed by atoms with Crippen LogP contribution >= 0.6 is 0 Å². The highest BCUT2D eigenvalue weighted by molar-refractivity contribution is 6.05. The second-order valence-electron chi connectivity index (χ2n) is 8.80. The molecule has 0 saturated heterocycles. The van der Waals surface area contributed by atoms with Gasteiger partial charge in [-0.1, -0.05) is 25.1 Å². The average Bonchev–Trinajstić information content (AvgIpc) is 2.83. The van der Waals surface area contributed by atoms with Crippen molar-refractivity contribution >= 4 is 23.4 Å². The zero-order valence-corrected chi connectivity index (χ0v) is 20.4. The van der Waals surface area contributed by atoms with E-state index in [-0.39, 0.29) is 42.4 Å². The number of rotatable bonds is 3. The first-order valence-corrected chi connectivity index (χ1v) is 11.4. The minimum atomic E-state index is -0.269. The van der Waals surface area contributed by atoms with E-state index in [4.69, 9.17) is 9.47 Å². The quantitative estimate of drug-likeness (QED) is 0.748.